The van der Waals surface area contributed by atoms with Crippen LogP contribution in [0.25, 0.3) is 0 Å². The van der Waals surface area contributed by atoms with Crippen molar-refractivity contribution in [2.24, 2.45) is 0 Å². The molecule has 1 rings (SSSR count). The zero-order valence-electron chi connectivity index (χ0n) is 9.74. The van der Waals surface area contributed by atoms with Gasteiger partial charge in [-0.2, -0.15) is 0 Å². The highest BCUT2D eigenvalue weighted by Crippen LogP contribution is 2.00. The SMILES string of the molecule is CCCS(=O)(=O)CCN1CCCNCC1=O. The summed E-state index contributed by atoms with van der Waals surface area (Å²) in [6.45, 7) is 3.99. The molecule has 0 aliphatic carbocycles. The number of hydrogen-bond acceptors (Lipinski definition) is 4. The lowest BCUT2D eigenvalue weighted by molar-refractivity contribution is -0.129. The molecule has 1 fully saturated rings. The van der Waals surface area contributed by atoms with E-state index in [9.17, 15) is 13.2 Å². The molecule has 1 saturated heterocycles. The van der Waals surface area contributed by atoms with Crippen LogP contribution in [0.15, 0.2) is 0 Å². The molecule has 0 saturated carbocycles. The number of amides is 1. The standard InChI is InChI=1S/C10H20N2O3S/c1-2-7-16(14,15)8-6-12-5-3-4-11-9-10(12)13/h11H,2-9H2,1H3. The Hall–Kier alpha value is -0.620. The molecular weight excluding hydrogens is 228 g/mol. The molecule has 0 unspecified atom stereocenters. The summed E-state index contributed by atoms with van der Waals surface area (Å²) in [7, 11) is -2.98. The number of rotatable bonds is 5. The Kier molecular flexibility index (Phi) is 5.21. The van der Waals surface area contributed by atoms with Crippen molar-refractivity contribution in [3.8, 4) is 0 Å². The second kappa shape index (κ2) is 6.20. The number of sulfone groups is 1. The summed E-state index contributed by atoms with van der Waals surface area (Å²) >= 11 is 0. The molecule has 16 heavy (non-hydrogen) atoms. The first-order valence-corrected chi connectivity index (χ1v) is 7.56. The largest absolute Gasteiger partial charge is 0.341 e. The molecule has 1 aliphatic rings. The zero-order chi connectivity index (χ0) is 12.0. The summed E-state index contributed by atoms with van der Waals surface area (Å²) in [5.41, 5.74) is 0. The Morgan fingerprint density at radius 1 is 1.38 bits per heavy atom. The van der Waals surface area contributed by atoms with Gasteiger partial charge in [0, 0.05) is 18.8 Å². The molecule has 1 aliphatic heterocycles. The average molecular weight is 248 g/mol. The van der Waals surface area contributed by atoms with Crippen molar-refractivity contribution in [1.82, 2.24) is 10.2 Å². The summed E-state index contributed by atoms with van der Waals surface area (Å²) in [5.74, 6) is 0.309. The predicted molar refractivity (Wildman–Crippen MR) is 63.0 cm³/mol. The Morgan fingerprint density at radius 3 is 2.81 bits per heavy atom. The number of carbonyl (C=O) groups is 1. The van der Waals surface area contributed by atoms with Gasteiger partial charge in [-0.25, -0.2) is 8.42 Å². The maximum absolute atomic E-state index is 11.6. The van der Waals surface area contributed by atoms with Crippen LogP contribution < -0.4 is 5.32 Å². The lowest BCUT2D eigenvalue weighted by Crippen LogP contribution is -2.38. The van der Waals surface area contributed by atoms with Crippen LogP contribution in [0.2, 0.25) is 0 Å². The minimum absolute atomic E-state index is 0.00389. The smallest absolute Gasteiger partial charge is 0.236 e. The van der Waals surface area contributed by atoms with Gasteiger partial charge in [0.2, 0.25) is 5.91 Å². The van der Waals surface area contributed by atoms with Gasteiger partial charge in [-0.05, 0) is 19.4 Å². The van der Waals surface area contributed by atoms with Gasteiger partial charge in [0.25, 0.3) is 0 Å². The molecule has 6 heteroatoms. The van der Waals surface area contributed by atoms with Crippen molar-refractivity contribution < 1.29 is 13.2 Å². The molecule has 1 heterocycles. The van der Waals surface area contributed by atoms with E-state index in [1.54, 1.807) is 4.90 Å². The molecule has 0 atom stereocenters. The molecule has 1 N–H and O–H groups in total. The van der Waals surface area contributed by atoms with Gasteiger partial charge in [-0.15, -0.1) is 0 Å². The van der Waals surface area contributed by atoms with Crippen molar-refractivity contribution in [3.05, 3.63) is 0 Å². The fourth-order valence-corrected chi connectivity index (χ4v) is 3.05. The molecule has 1 amide bonds. The quantitative estimate of drug-likeness (QED) is 0.721. The van der Waals surface area contributed by atoms with Gasteiger partial charge >= 0.3 is 0 Å². The number of nitrogens with one attached hydrogen (secondary N) is 1. The van der Waals surface area contributed by atoms with Gasteiger partial charge in [0.05, 0.1) is 12.3 Å². The van der Waals surface area contributed by atoms with E-state index < -0.39 is 9.84 Å². The lowest BCUT2D eigenvalue weighted by Gasteiger charge is -2.19. The summed E-state index contributed by atoms with van der Waals surface area (Å²) in [6.07, 6.45) is 1.53. The van der Waals surface area contributed by atoms with Gasteiger partial charge in [-0.1, -0.05) is 6.92 Å². The molecule has 0 spiro atoms. The lowest BCUT2D eigenvalue weighted by atomic mass is 10.4. The van der Waals surface area contributed by atoms with Gasteiger partial charge < -0.3 is 10.2 Å². The van der Waals surface area contributed by atoms with E-state index >= 15 is 0 Å². The maximum Gasteiger partial charge on any atom is 0.236 e. The molecular formula is C10H20N2O3S. The van der Waals surface area contributed by atoms with Crippen LogP contribution in [-0.4, -0.2) is 56.9 Å². The number of carbonyl (C=O) groups excluding carboxylic acids is 1. The normalized spacial score (nSPS) is 18.6. The molecule has 0 aromatic rings. The average Bonchev–Trinajstić information content (AvgIpc) is 2.40. The minimum atomic E-state index is -2.98. The van der Waals surface area contributed by atoms with Crippen molar-refractivity contribution in [3.63, 3.8) is 0 Å². The third kappa shape index (κ3) is 4.49. The molecule has 0 bridgehead atoms. The van der Waals surface area contributed by atoms with Crippen LogP contribution in [0.4, 0.5) is 0 Å². The summed E-state index contributed by atoms with van der Waals surface area (Å²) in [5, 5.41) is 3.01. The number of nitrogens with zero attached hydrogens (tertiary/aromatic N) is 1. The topological polar surface area (TPSA) is 66.5 Å². The fourth-order valence-electron chi connectivity index (χ4n) is 1.73. The molecule has 94 valence electrons. The predicted octanol–water partition coefficient (Wildman–Crippen LogP) is -0.367. The maximum atomic E-state index is 11.6. The van der Waals surface area contributed by atoms with Gasteiger partial charge in [-0.3, -0.25) is 4.79 Å². The van der Waals surface area contributed by atoms with Crippen LogP contribution in [0.5, 0.6) is 0 Å². The van der Waals surface area contributed by atoms with E-state index in [2.05, 4.69) is 5.32 Å². The van der Waals surface area contributed by atoms with E-state index in [4.69, 9.17) is 0 Å². The van der Waals surface area contributed by atoms with E-state index in [1.165, 1.54) is 0 Å². The van der Waals surface area contributed by atoms with Crippen LogP contribution in [-0.2, 0) is 14.6 Å². The van der Waals surface area contributed by atoms with Crippen molar-refractivity contribution in [2.45, 2.75) is 19.8 Å². The summed E-state index contributed by atoms with van der Waals surface area (Å²) < 4.78 is 23.0. The second-order valence-corrected chi connectivity index (χ2v) is 6.37. The Balaban J connectivity index is 2.44. The highest BCUT2D eigenvalue weighted by molar-refractivity contribution is 7.91. The van der Waals surface area contributed by atoms with Gasteiger partial charge in [0.1, 0.15) is 0 Å². The summed E-state index contributed by atoms with van der Waals surface area (Å²) in [6, 6.07) is 0. The molecule has 5 nitrogen and oxygen atoms in total. The number of hydrogen-bond donors (Lipinski definition) is 1. The van der Waals surface area contributed by atoms with Crippen LogP contribution in [0.3, 0.4) is 0 Å². The highest BCUT2D eigenvalue weighted by Gasteiger charge is 2.18. The highest BCUT2D eigenvalue weighted by atomic mass is 32.2. The molecule has 0 aromatic carbocycles. The minimum Gasteiger partial charge on any atom is -0.341 e. The van der Waals surface area contributed by atoms with Crippen LogP contribution in [0.1, 0.15) is 19.8 Å². The first-order valence-electron chi connectivity index (χ1n) is 5.74. The van der Waals surface area contributed by atoms with E-state index in [1.807, 2.05) is 6.92 Å². The van der Waals surface area contributed by atoms with E-state index in [0.717, 1.165) is 13.0 Å². The van der Waals surface area contributed by atoms with Crippen LogP contribution in [0, 0.1) is 0 Å². The first-order chi connectivity index (χ1) is 7.55. The second-order valence-electron chi connectivity index (χ2n) is 4.06. The third-order valence-corrected chi connectivity index (χ3v) is 4.43. The monoisotopic (exact) mass is 248 g/mol. The first kappa shape index (κ1) is 13.4. The Bertz CT molecular complexity index is 327. The Labute approximate surface area is 97.1 Å². The van der Waals surface area contributed by atoms with Crippen molar-refractivity contribution >= 4 is 15.7 Å². The van der Waals surface area contributed by atoms with Crippen molar-refractivity contribution in [2.75, 3.05) is 37.7 Å². The van der Waals surface area contributed by atoms with Crippen LogP contribution >= 0.6 is 0 Å². The van der Waals surface area contributed by atoms with E-state index in [0.29, 0.717) is 26.1 Å². The molecule has 0 radical (unpaired) electrons. The summed E-state index contributed by atoms with van der Waals surface area (Å²) in [4.78, 5) is 13.2. The fraction of sp³-hybridized carbons (Fsp3) is 0.900. The Morgan fingerprint density at radius 2 is 2.12 bits per heavy atom. The van der Waals surface area contributed by atoms with E-state index in [-0.39, 0.29) is 17.4 Å². The molecule has 0 aromatic heterocycles. The van der Waals surface area contributed by atoms with Crippen molar-refractivity contribution in [1.29, 1.82) is 0 Å². The zero-order valence-corrected chi connectivity index (χ0v) is 10.6. The third-order valence-electron chi connectivity index (χ3n) is 2.60. The van der Waals surface area contributed by atoms with Gasteiger partial charge in [0.15, 0.2) is 9.84 Å².